The monoisotopic (exact) mass is 329 g/mol. The minimum absolute atomic E-state index is 0.297. The van der Waals surface area contributed by atoms with Crippen LogP contribution in [0.4, 0.5) is 10.1 Å². The molecule has 0 aromatic heterocycles. The SMILES string of the molecule is Oc1c(F)cccc1CNc1ccc(Br)cc1Cl. The number of hydrogen-bond acceptors (Lipinski definition) is 2. The summed E-state index contributed by atoms with van der Waals surface area (Å²) in [5.41, 5.74) is 1.21. The van der Waals surface area contributed by atoms with E-state index in [0.717, 1.165) is 10.2 Å². The molecule has 0 aliphatic carbocycles. The van der Waals surface area contributed by atoms with Crippen molar-refractivity contribution in [1.82, 2.24) is 0 Å². The van der Waals surface area contributed by atoms with E-state index in [0.29, 0.717) is 17.1 Å². The highest BCUT2D eigenvalue weighted by atomic mass is 79.9. The number of phenolic OH excluding ortho intramolecular Hbond substituents is 1. The van der Waals surface area contributed by atoms with E-state index in [9.17, 15) is 9.50 Å². The predicted molar refractivity (Wildman–Crippen MR) is 74.5 cm³/mol. The second-order valence-electron chi connectivity index (χ2n) is 3.73. The molecule has 2 nitrogen and oxygen atoms in total. The third-order valence-corrected chi connectivity index (χ3v) is 3.28. The van der Waals surface area contributed by atoms with Crippen LogP contribution in [0.15, 0.2) is 40.9 Å². The van der Waals surface area contributed by atoms with Gasteiger partial charge in [0.15, 0.2) is 11.6 Å². The molecule has 0 aliphatic heterocycles. The minimum Gasteiger partial charge on any atom is -0.505 e. The number of nitrogens with one attached hydrogen (secondary N) is 1. The van der Waals surface area contributed by atoms with Crippen molar-refractivity contribution in [3.8, 4) is 5.75 Å². The van der Waals surface area contributed by atoms with Crippen LogP contribution in [0.1, 0.15) is 5.56 Å². The summed E-state index contributed by atoms with van der Waals surface area (Å²) in [7, 11) is 0. The summed E-state index contributed by atoms with van der Waals surface area (Å²) in [4.78, 5) is 0. The molecule has 2 rings (SSSR count). The number of aromatic hydroxyl groups is 1. The Morgan fingerprint density at radius 3 is 2.78 bits per heavy atom. The molecule has 0 radical (unpaired) electrons. The van der Waals surface area contributed by atoms with Crippen molar-refractivity contribution in [2.45, 2.75) is 6.54 Å². The number of halogens is 3. The van der Waals surface area contributed by atoms with Gasteiger partial charge in [-0.2, -0.15) is 0 Å². The lowest BCUT2D eigenvalue weighted by Crippen LogP contribution is -2.00. The number of phenols is 1. The molecule has 2 aromatic carbocycles. The fourth-order valence-corrected chi connectivity index (χ4v) is 2.27. The van der Waals surface area contributed by atoms with E-state index < -0.39 is 5.82 Å². The highest BCUT2D eigenvalue weighted by Crippen LogP contribution is 2.27. The molecule has 0 spiro atoms. The average molecular weight is 331 g/mol. The lowest BCUT2D eigenvalue weighted by atomic mass is 10.2. The lowest BCUT2D eigenvalue weighted by molar-refractivity contribution is 0.427. The molecule has 0 heterocycles. The van der Waals surface area contributed by atoms with Gasteiger partial charge >= 0.3 is 0 Å². The van der Waals surface area contributed by atoms with Crippen LogP contribution in [0.5, 0.6) is 5.75 Å². The zero-order valence-corrected chi connectivity index (χ0v) is 11.6. The molecule has 2 aromatic rings. The van der Waals surface area contributed by atoms with Crippen molar-refractivity contribution in [3.63, 3.8) is 0 Å². The maximum absolute atomic E-state index is 13.1. The zero-order valence-electron chi connectivity index (χ0n) is 9.25. The first kappa shape index (κ1) is 13.2. The highest BCUT2D eigenvalue weighted by Gasteiger charge is 2.07. The average Bonchev–Trinajstić information content (AvgIpc) is 2.33. The van der Waals surface area contributed by atoms with E-state index >= 15 is 0 Å². The van der Waals surface area contributed by atoms with Gasteiger partial charge in [0.2, 0.25) is 0 Å². The molecule has 0 amide bonds. The molecule has 0 unspecified atom stereocenters. The molecule has 0 atom stereocenters. The number of para-hydroxylation sites is 1. The van der Waals surface area contributed by atoms with Gasteiger partial charge in [-0.05, 0) is 24.3 Å². The molecule has 2 N–H and O–H groups in total. The van der Waals surface area contributed by atoms with Crippen LogP contribution >= 0.6 is 27.5 Å². The third-order valence-electron chi connectivity index (χ3n) is 2.47. The summed E-state index contributed by atoms with van der Waals surface area (Å²) in [5, 5.41) is 13.1. The second kappa shape index (κ2) is 5.59. The molecular weight excluding hydrogens is 321 g/mol. The van der Waals surface area contributed by atoms with Crippen molar-refractivity contribution < 1.29 is 9.50 Å². The summed E-state index contributed by atoms with van der Waals surface area (Å²) in [6.45, 7) is 0.297. The van der Waals surface area contributed by atoms with Crippen molar-refractivity contribution in [1.29, 1.82) is 0 Å². The highest BCUT2D eigenvalue weighted by molar-refractivity contribution is 9.10. The van der Waals surface area contributed by atoms with E-state index in [4.69, 9.17) is 11.6 Å². The van der Waals surface area contributed by atoms with Crippen LogP contribution in [-0.4, -0.2) is 5.11 Å². The van der Waals surface area contributed by atoms with E-state index in [-0.39, 0.29) is 5.75 Å². The van der Waals surface area contributed by atoms with E-state index in [1.165, 1.54) is 6.07 Å². The third kappa shape index (κ3) is 2.94. The lowest BCUT2D eigenvalue weighted by Gasteiger charge is -2.10. The Balaban J connectivity index is 2.14. The molecule has 0 saturated carbocycles. The number of hydrogen-bond donors (Lipinski definition) is 2. The smallest absolute Gasteiger partial charge is 0.165 e. The van der Waals surface area contributed by atoms with Gasteiger partial charge in [-0.3, -0.25) is 0 Å². The quantitative estimate of drug-likeness (QED) is 0.864. The van der Waals surface area contributed by atoms with Gasteiger partial charge in [0.25, 0.3) is 0 Å². The molecule has 0 saturated heterocycles. The summed E-state index contributed by atoms with van der Waals surface area (Å²) < 4.78 is 14.0. The molecule has 5 heteroatoms. The van der Waals surface area contributed by atoms with Gasteiger partial charge in [-0.15, -0.1) is 0 Å². The van der Waals surface area contributed by atoms with Gasteiger partial charge in [0.1, 0.15) is 0 Å². The summed E-state index contributed by atoms with van der Waals surface area (Å²) >= 11 is 9.35. The Kier molecular flexibility index (Phi) is 4.09. The van der Waals surface area contributed by atoms with E-state index in [1.807, 2.05) is 12.1 Å². The Hall–Kier alpha value is -1.26. The topological polar surface area (TPSA) is 32.3 Å². The Morgan fingerprint density at radius 2 is 2.06 bits per heavy atom. The Bertz CT molecular complexity index is 577. The second-order valence-corrected chi connectivity index (χ2v) is 5.05. The number of rotatable bonds is 3. The first-order chi connectivity index (χ1) is 8.58. The predicted octanol–water partition coefficient (Wildman–Crippen LogP) is 4.56. The van der Waals surface area contributed by atoms with Gasteiger partial charge in [-0.1, -0.05) is 39.7 Å². The number of benzene rings is 2. The molecule has 0 bridgehead atoms. The Morgan fingerprint density at radius 1 is 1.28 bits per heavy atom. The first-order valence-electron chi connectivity index (χ1n) is 5.23. The largest absolute Gasteiger partial charge is 0.505 e. The fourth-order valence-electron chi connectivity index (χ4n) is 1.53. The molecule has 18 heavy (non-hydrogen) atoms. The maximum atomic E-state index is 13.1. The van der Waals surface area contributed by atoms with Gasteiger partial charge in [-0.25, -0.2) is 4.39 Å². The van der Waals surface area contributed by atoms with Crippen molar-refractivity contribution in [2.75, 3.05) is 5.32 Å². The van der Waals surface area contributed by atoms with Crippen LogP contribution in [-0.2, 0) is 6.54 Å². The van der Waals surface area contributed by atoms with Crippen LogP contribution < -0.4 is 5.32 Å². The maximum Gasteiger partial charge on any atom is 0.165 e. The van der Waals surface area contributed by atoms with Crippen molar-refractivity contribution >= 4 is 33.2 Å². The summed E-state index contributed by atoms with van der Waals surface area (Å²) in [5.74, 6) is -0.963. The number of anilines is 1. The van der Waals surface area contributed by atoms with E-state index in [1.54, 1.807) is 18.2 Å². The standard InChI is InChI=1S/C13H10BrClFNO/c14-9-4-5-12(10(15)6-9)17-7-8-2-1-3-11(16)13(8)18/h1-6,17-18H,7H2. The first-order valence-corrected chi connectivity index (χ1v) is 6.40. The fraction of sp³-hybridized carbons (Fsp3) is 0.0769. The van der Waals surface area contributed by atoms with Gasteiger partial charge < -0.3 is 10.4 Å². The summed E-state index contributed by atoms with van der Waals surface area (Å²) in [6.07, 6.45) is 0. The molecule has 94 valence electrons. The van der Waals surface area contributed by atoms with Gasteiger partial charge in [0.05, 0.1) is 10.7 Å². The van der Waals surface area contributed by atoms with E-state index in [2.05, 4.69) is 21.2 Å². The Labute approximate surface area is 118 Å². The zero-order chi connectivity index (χ0) is 13.1. The van der Waals surface area contributed by atoms with Crippen LogP contribution in [0.3, 0.4) is 0 Å². The van der Waals surface area contributed by atoms with Gasteiger partial charge in [0, 0.05) is 16.6 Å². The van der Waals surface area contributed by atoms with Crippen molar-refractivity contribution in [3.05, 3.63) is 57.3 Å². The van der Waals surface area contributed by atoms with Crippen LogP contribution in [0, 0.1) is 5.82 Å². The normalized spacial score (nSPS) is 10.4. The minimum atomic E-state index is -0.629. The van der Waals surface area contributed by atoms with Crippen LogP contribution in [0.2, 0.25) is 5.02 Å². The van der Waals surface area contributed by atoms with Crippen LogP contribution in [0.25, 0.3) is 0 Å². The molecule has 0 aliphatic rings. The van der Waals surface area contributed by atoms with Crippen molar-refractivity contribution in [2.24, 2.45) is 0 Å². The molecular formula is C13H10BrClFNO. The summed E-state index contributed by atoms with van der Waals surface area (Å²) in [6, 6.07) is 9.83. The molecule has 0 fully saturated rings.